The van der Waals surface area contributed by atoms with Crippen molar-refractivity contribution >= 4 is 11.9 Å². The van der Waals surface area contributed by atoms with Gasteiger partial charge >= 0.3 is 6.03 Å². The summed E-state index contributed by atoms with van der Waals surface area (Å²) in [5.74, 6) is 1.35. The number of fused-ring (bicyclic) bond motifs is 1. The lowest BCUT2D eigenvalue weighted by Crippen LogP contribution is -2.45. The third-order valence-corrected chi connectivity index (χ3v) is 5.98. The van der Waals surface area contributed by atoms with Crippen LogP contribution in [0.1, 0.15) is 28.3 Å². The average molecular weight is 405 g/mol. The van der Waals surface area contributed by atoms with Crippen LogP contribution < -0.4 is 14.8 Å². The molecule has 5 rings (SSSR count). The molecule has 3 aliphatic rings. The second-order valence-corrected chi connectivity index (χ2v) is 8.01. The number of nitrogens with one attached hydrogen (secondary N) is 1. The van der Waals surface area contributed by atoms with Gasteiger partial charge in [-0.1, -0.05) is 29.8 Å². The van der Waals surface area contributed by atoms with Gasteiger partial charge in [0, 0.05) is 13.6 Å². The SMILES string of the molecule is Cc1ccc([C@H]2NC(=O)N(C)C3=C2C(=O)N(Cc2ccc4c(c2)OCO4)C3)c(C)c1. The first-order valence-electron chi connectivity index (χ1n) is 9.94. The molecular weight excluding hydrogens is 382 g/mol. The van der Waals surface area contributed by atoms with Crippen LogP contribution in [-0.4, -0.2) is 42.1 Å². The normalized spacial score (nSPS) is 20.0. The number of nitrogens with zero attached hydrogens (tertiary/aromatic N) is 2. The van der Waals surface area contributed by atoms with Gasteiger partial charge in [0.15, 0.2) is 11.5 Å². The standard InChI is InChI=1S/C23H23N3O4/c1-13-4-6-16(14(2)8-13)21-20-17(25(3)23(28)24-21)11-26(22(20)27)10-15-5-7-18-19(9-15)30-12-29-18/h4-9,21H,10-12H2,1-3H3,(H,24,28)/t21-/m1/s1. The number of likely N-dealkylation sites (N-methyl/N-ethyl adjacent to an activating group) is 1. The van der Waals surface area contributed by atoms with Crippen LogP contribution in [0.5, 0.6) is 11.5 Å². The van der Waals surface area contributed by atoms with Crippen molar-refractivity contribution in [3.8, 4) is 11.5 Å². The molecule has 7 nitrogen and oxygen atoms in total. The van der Waals surface area contributed by atoms with Gasteiger partial charge < -0.3 is 19.7 Å². The zero-order valence-corrected chi connectivity index (χ0v) is 17.2. The van der Waals surface area contributed by atoms with Crippen molar-refractivity contribution in [3.05, 3.63) is 69.9 Å². The van der Waals surface area contributed by atoms with Gasteiger partial charge in [-0.15, -0.1) is 0 Å². The number of benzene rings is 2. The number of hydrogen-bond acceptors (Lipinski definition) is 4. The molecule has 30 heavy (non-hydrogen) atoms. The maximum absolute atomic E-state index is 13.4. The summed E-state index contributed by atoms with van der Waals surface area (Å²) in [6, 6.07) is 11.1. The molecule has 0 bridgehead atoms. The van der Waals surface area contributed by atoms with Gasteiger partial charge in [-0.3, -0.25) is 9.69 Å². The number of rotatable bonds is 3. The third-order valence-electron chi connectivity index (χ3n) is 5.98. The maximum atomic E-state index is 13.4. The molecule has 3 heterocycles. The lowest BCUT2D eigenvalue weighted by Gasteiger charge is -2.31. The molecule has 0 radical (unpaired) electrons. The molecular formula is C23H23N3O4. The molecule has 1 N–H and O–H groups in total. The molecule has 1 atom stereocenters. The molecule has 2 aromatic rings. The van der Waals surface area contributed by atoms with Gasteiger partial charge in [0.25, 0.3) is 5.91 Å². The van der Waals surface area contributed by atoms with Crippen LogP contribution in [0.15, 0.2) is 47.7 Å². The minimum Gasteiger partial charge on any atom is -0.454 e. The van der Waals surface area contributed by atoms with Crippen LogP contribution in [0.3, 0.4) is 0 Å². The lowest BCUT2D eigenvalue weighted by molar-refractivity contribution is -0.126. The summed E-state index contributed by atoms with van der Waals surface area (Å²) in [4.78, 5) is 29.4. The fraction of sp³-hybridized carbons (Fsp3) is 0.304. The maximum Gasteiger partial charge on any atom is 0.322 e. The Hall–Kier alpha value is -3.48. The van der Waals surface area contributed by atoms with Gasteiger partial charge in [-0.25, -0.2) is 4.79 Å². The Morgan fingerprint density at radius 2 is 1.87 bits per heavy atom. The van der Waals surface area contributed by atoms with Crippen molar-refractivity contribution in [1.82, 2.24) is 15.1 Å². The van der Waals surface area contributed by atoms with Crippen LogP contribution >= 0.6 is 0 Å². The Kier molecular flexibility index (Phi) is 4.20. The molecule has 0 unspecified atom stereocenters. The summed E-state index contributed by atoms with van der Waals surface area (Å²) >= 11 is 0. The summed E-state index contributed by atoms with van der Waals surface area (Å²) < 4.78 is 10.8. The fourth-order valence-corrected chi connectivity index (χ4v) is 4.39. The van der Waals surface area contributed by atoms with Crippen molar-refractivity contribution in [1.29, 1.82) is 0 Å². The summed E-state index contributed by atoms with van der Waals surface area (Å²) in [6.45, 7) is 5.09. The largest absolute Gasteiger partial charge is 0.454 e. The molecule has 0 saturated carbocycles. The van der Waals surface area contributed by atoms with Crippen molar-refractivity contribution < 1.29 is 19.1 Å². The summed E-state index contributed by atoms with van der Waals surface area (Å²) in [7, 11) is 1.71. The van der Waals surface area contributed by atoms with Gasteiger partial charge in [-0.05, 0) is 42.7 Å². The summed E-state index contributed by atoms with van der Waals surface area (Å²) in [5, 5.41) is 3.01. The smallest absolute Gasteiger partial charge is 0.322 e. The van der Waals surface area contributed by atoms with Crippen LogP contribution in [0, 0.1) is 13.8 Å². The Morgan fingerprint density at radius 3 is 2.67 bits per heavy atom. The van der Waals surface area contributed by atoms with Gasteiger partial charge in [0.05, 0.1) is 23.9 Å². The average Bonchev–Trinajstić information content (AvgIpc) is 3.30. The Bertz CT molecular complexity index is 1110. The molecule has 2 aromatic carbocycles. The second kappa shape index (κ2) is 6.79. The van der Waals surface area contributed by atoms with Crippen LogP contribution in [0.25, 0.3) is 0 Å². The highest BCUT2D eigenvalue weighted by Gasteiger charge is 2.43. The molecule has 0 saturated heterocycles. The molecule has 0 aliphatic carbocycles. The molecule has 7 heteroatoms. The molecule has 0 fully saturated rings. The van der Waals surface area contributed by atoms with Crippen molar-refractivity contribution in [2.45, 2.75) is 26.4 Å². The predicted octanol–water partition coefficient (Wildman–Crippen LogP) is 3.02. The number of ether oxygens (including phenoxy) is 2. The summed E-state index contributed by atoms with van der Waals surface area (Å²) in [6.07, 6.45) is 0. The first-order chi connectivity index (χ1) is 14.4. The molecule has 3 amide bonds. The molecule has 0 spiro atoms. The van der Waals surface area contributed by atoms with Crippen molar-refractivity contribution in [2.24, 2.45) is 0 Å². The number of urea groups is 1. The quantitative estimate of drug-likeness (QED) is 0.852. The van der Waals surface area contributed by atoms with E-state index in [0.29, 0.717) is 30.2 Å². The Balaban J connectivity index is 1.47. The zero-order chi connectivity index (χ0) is 21.0. The van der Waals surface area contributed by atoms with E-state index in [9.17, 15) is 9.59 Å². The van der Waals surface area contributed by atoms with E-state index >= 15 is 0 Å². The van der Waals surface area contributed by atoms with E-state index in [4.69, 9.17) is 9.47 Å². The topological polar surface area (TPSA) is 71.1 Å². The number of carbonyl (C=O) groups is 2. The number of amides is 3. The van der Waals surface area contributed by atoms with E-state index in [2.05, 4.69) is 11.4 Å². The van der Waals surface area contributed by atoms with Gasteiger partial charge in [0.2, 0.25) is 6.79 Å². The van der Waals surface area contributed by atoms with E-state index in [1.807, 2.05) is 44.2 Å². The van der Waals surface area contributed by atoms with Crippen LogP contribution in [0.4, 0.5) is 4.79 Å². The number of carbonyl (C=O) groups excluding carboxylic acids is 2. The first kappa shape index (κ1) is 18.5. The third kappa shape index (κ3) is 2.89. The number of hydrogen-bond donors (Lipinski definition) is 1. The van der Waals surface area contributed by atoms with E-state index in [1.165, 1.54) is 0 Å². The summed E-state index contributed by atoms with van der Waals surface area (Å²) in [5.41, 5.74) is 5.51. The van der Waals surface area contributed by atoms with Gasteiger partial charge in [-0.2, -0.15) is 0 Å². The van der Waals surface area contributed by atoms with Crippen molar-refractivity contribution in [3.63, 3.8) is 0 Å². The highest BCUT2D eigenvalue weighted by Crippen LogP contribution is 2.38. The predicted molar refractivity (Wildman–Crippen MR) is 110 cm³/mol. The molecule has 154 valence electrons. The number of aryl methyl sites for hydroxylation is 2. The second-order valence-electron chi connectivity index (χ2n) is 8.01. The van der Waals surface area contributed by atoms with E-state index < -0.39 is 6.04 Å². The monoisotopic (exact) mass is 405 g/mol. The Morgan fingerprint density at radius 1 is 1.07 bits per heavy atom. The highest BCUT2D eigenvalue weighted by molar-refractivity contribution is 6.01. The van der Waals surface area contributed by atoms with Gasteiger partial charge in [0.1, 0.15) is 0 Å². The van der Waals surface area contributed by atoms with E-state index in [1.54, 1.807) is 16.8 Å². The van der Waals surface area contributed by atoms with Crippen LogP contribution in [0.2, 0.25) is 0 Å². The minimum atomic E-state index is -0.446. The fourth-order valence-electron chi connectivity index (χ4n) is 4.39. The first-order valence-corrected chi connectivity index (χ1v) is 9.94. The minimum absolute atomic E-state index is 0.0560. The van der Waals surface area contributed by atoms with E-state index in [-0.39, 0.29) is 18.7 Å². The van der Waals surface area contributed by atoms with E-state index in [0.717, 1.165) is 28.0 Å². The molecule has 3 aliphatic heterocycles. The zero-order valence-electron chi connectivity index (χ0n) is 17.2. The Labute approximate surface area is 174 Å². The van der Waals surface area contributed by atoms with Crippen LogP contribution in [-0.2, 0) is 11.3 Å². The molecule has 0 aromatic heterocycles. The van der Waals surface area contributed by atoms with Crippen molar-refractivity contribution in [2.75, 3.05) is 20.4 Å². The highest BCUT2D eigenvalue weighted by atomic mass is 16.7. The lowest BCUT2D eigenvalue weighted by atomic mass is 9.91.